The van der Waals surface area contributed by atoms with Crippen LogP contribution in [-0.4, -0.2) is 36.6 Å². The van der Waals surface area contributed by atoms with Gasteiger partial charge in [0, 0.05) is 21.7 Å². The van der Waals surface area contributed by atoms with Gasteiger partial charge in [-0.05, 0) is 0 Å². The molecule has 0 aliphatic carbocycles. The summed E-state index contributed by atoms with van der Waals surface area (Å²) in [6.45, 7) is 0. The summed E-state index contributed by atoms with van der Waals surface area (Å²) >= 11 is 0. The van der Waals surface area contributed by atoms with E-state index in [4.69, 9.17) is 19.2 Å². The Morgan fingerprint density at radius 3 is 0.909 bits per heavy atom. The third-order valence-corrected chi connectivity index (χ3v) is 0. The van der Waals surface area contributed by atoms with Gasteiger partial charge in [-0.15, -0.1) is 0 Å². The summed E-state index contributed by atoms with van der Waals surface area (Å²) in [6.07, 6.45) is 0. The molecule has 0 rings (SSSR count). The number of rotatable bonds is 0. The van der Waals surface area contributed by atoms with E-state index in [1.54, 1.807) is 0 Å². The molecule has 0 spiro atoms. The maximum Gasteiger partial charge on any atom is 1.00 e. The summed E-state index contributed by atoms with van der Waals surface area (Å²) in [6, 6.07) is 0. The Kier molecular flexibility index (Phi) is 104. The summed E-state index contributed by atoms with van der Waals surface area (Å²) in [5.74, 6) is 0. The van der Waals surface area contributed by atoms with E-state index in [0.29, 0.717) is 0 Å². The van der Waals surface area contributed by atoms with Gasteiger partial charge in [0.25, 0.3) is 0 Å². The summed E-state index contributed by atoms with van der Waals surface area (Å²) in [4.78, 5) is 21.6. The number of hydrogen-bond acceptors (Lipinski definition) is 1. The van der Waals surface area contributed by atoms with Crippen molar-refractivity contribution in [3.05, 3.63) is 0 Å². The summed E-state index contributed by atoms with van der Waals surface area (Å²) in [7, 11) is -4.64. The van der Waals surface area contributed by atoms with E-state index in [1.807, 2.05) is 0 Å². The Morgan fingerprint density at radius 1 is 0.909 bits per heavy atom. The monoisotopic (exact) mass is 304 g/mol. The molecule has 11 N–H and O–H groups in total. The van der Waals surface area contributed by atoms with Crippen LogP contribution in [0.3, 0.4) is 0 Å². The Balaban J connectivity index is -0.00000000381. The molecular weight excluding hydrogens is 292 g/mol. The van der Waals surface area contributed by atoms with E-state index in [-0.39, 0.29) is 103 Å². The van der Waals surface area contributed by atoms with Crippen molar-refractivity contribution in [2.75, 3.05) is 0 Å². The Labute approximate surface area is 128 Å². The Bertz CT molecular complexity index is 65.2. The normalized spacial score (nSPS) is 5.36. The van der Waals surface area contributed by atoms with Crippen LogP contribution in [0.25, 0.3) is 0 Å². The predicted molar refractivity (Wildman–Crippen MR) is 29.8 cm³/mol. The minimum atomic E-state index is -4.64. The quantitative estimate of drug-likeness (QED) is 0.294. The van der Waals surface area contributed by atoms with Gasteiger partial charge in [0.2, 0.25) is 0 Å². The van der Waals surface area contributed by atoms with Crippen LogP contribution in [0, 0.1) is 0 Å². The molecule has 0 aromatic carbocycles. The molecule has 0 aliphatic heterocycles. The minimum Gasteiger partial charge on any atom is -1.00 e. The van der Waals surface area contributed by atoms with Crippen molar-refractivity contribution < 1.29 is 122 Å². The van der Waals surface area contributed by atoms with Crippen LogP contribution in [-0.2, 0) is 26.3 Å². The van der Waals surface area contributed by atoms with Crippen molar-refractivity contribution >= 4 is 7.82 Å². The van der Waals surface area contributed by atoms with E-state index in [2.05, 4.69) is 0 Å². The molecule has 0 fully saturated rings. The van der Waals surface area contributed by atoms with Crippen LogP contribution < -0.4 is 58.2 Å². The maximum atomic E-state index is 8.88. The first kappa shape index (κ1) is 50.0. The van der Waals surface area contributed by atoms with Gasteiger partial charge in [-0.2, -0.15) is 0 Å². The summed E-state index contributed by atoms with van der Waals surface area (Å²) < 4.78 is 8.88. The van der Waals surface area contributed by atoms with Gasteiger partial charge in [0.1, 0.15) is 0 Å². The van der Waals surface area contributed by atoms with Crippen LogP contribution in [0.2, 0.25) is 0 Å². The van der Waals surface area contributed by atoms with Gasteiger partial charge >= 0.3 is 66.0 Å². The molecule has 0 unspecified atom stereocenters. The van der Waals surface area contributed by atoms with Crippen LogP contribution >= 0.6 is 7.82 Å². The summed E-state index contributed by atoms with van der Waals surface area (Å²) in [5.41, 5.74) is 0. The molecule has 0 saturated carbocycles. The van der Waals surface area contributed by atoms with Gasteiger partial charge in [-0.3, -0.25) is 0 Å². The third-order valence-electron chi connectivity index (χ3n) is 0. The van der Waals surface area contributed by atoms with Crippen molar-refractivity contribution in [1.29, 1.82) is 0 Å². The van der Waals surface area contributed by atoms with Gasteiger partial charge < -0.3 is 38.0 Å². The van der Waals surface area contributed by atoms with Crippen molar-refractivity contribution in [1.82, 2.24) is 0 Å². The molecule has 0 amide bonds. The molecule has 11 heavy (non-hydrogen) atoms. The van der Waals surface area contributed by atoms with E-state index >= 15 is 0 Å². The second-order valence-electron chi connectivity index (χ2n) is 0.513. The van der Waals surface area contributed by atoms with Crippen molar-refractivity contribution in [3.63, 3.8) is 0 Å². The molecule has 70 valence electrons. The smallest absolute Gasteiger partial charge is 1.00 e. The molecule has 0 aromatic rings. The molecule has 0 radical (unpaired) electrons. The zero-order valence-electron chi connectivity index (χ0n) is 6.70. The molecule has 0 aliphatic rings. The largest absolute Gasteiger partial charge is 1.00 e. The van der Waals surface area contributed by atoms with Gasteiger partial charge in [0.15, 0.2) is 0 Å². The van der Waals surface area contributed by atoms with Crippen molar-refractivity contribution in [2.45, 2.75) is 0 Å². The second-order valence-corrected chi connectivity index (χ2v) is 1.54. The first-order chi connectivity index (χ1) is 2.00. The first-order valence-electron chi connectivity index (χ1n) is 0.783. The SMILES string of the molecule is O.O.O.O.O=P(O)(O)O.[H-].[Rb+].[Ti]. The Hall–Kier alpha value is 2.47. The second kappa shape index (κ2) is 22.9. The van der Waals surface area contributed by atoms with Crippen LogP contribution in [0.1, 0.15) is 1.43 Å². The molecular formula is H12O8PRbTi. The minimum absolute atomic E-state index is 0. The predicted octanol–water partition coefficient (Wildman–Crippen LogP) is -7.11. The number of hydrogen-bond donors (Lipinski definition) is 3. The van der Waals surface area contributed by atoms with Crippen LogP contribution in [0.4, 0.5) is 0 Å². The van der Waals surface area contributed by atoms with E-state index in [9.17, 15) is 0 Å². The standard InChI is InChI=1S/H3O4P.4H2O.Rb.Ti.H/c1-5(2,3)4;;;;;;;/h(H3,1,2,3,4);4*1H2;;;/q;;;;;+1;;-1. The van der Waals surface area contributed by atoms with Crippen molar-refractivity contribution in [3.8, 4) is 0 Å². The molecule has 0 bridgehead atoms. The molecule has 11 heteroatoms. The number of phosphoric acid groups is 1. The fourth-order valence-corrected chi connectivity index (χ4v) is 0. The average molecular weight is 304 g/mol. The fraction of sp³-hybridized carbons (Fsp3) is 0. The van der Waals surface area contributed by atoms with Crippen LogP contribution in [0.5, 0.6) is 0 Å². The van der Waals surface area contributed by atoms with Crippen molar-refractivity contribution in [2.24, 2.45) is 0 Å². The average Bonchev–Trinajstić information content (AvgIpc) is 0.722. The van der Waals surface area contributed by atoms with Crippen LogP contribution in [0.15, 0.2) is 0 Å². The zero-order chi connectivity index (χ0) is 4.50. The topological polar surface area (TPSA) is 204 Å². The molecule has 0 atom stereocenters. The summed E-state index contributed by atoms with van der Waals surface area (Å²) in [5, 5.41) is 0. The van der Waals surface area contributed by atoms with E-state index < -0.39 is 7.82 Å². The maximum absolute atomic E-state index is 8.88. The molecule has 8 nitrogen and oxygen atoms in total. The van der Waals surface area contributed by atoms with Gasteiger partial charge in [-0.25, -0.2) is 4.57 Å². The Morgan fingerprint density at radius 2 is 0.909 bits per heavy atom. The molecule has 0 aromatic heterocycles. The fourth-order valence-electron chi connectivity index (χ4n) is 0. The third kappa shape index (κ3) is 224. The van der Waals surface area contributed by atoms with E-state index in [1.165, 1.54) is 0 Å². The van der Waals surface area contributed by atoms with E-state index in [0.717, 1.165) is 0 Å². The first-order valence-corrected chi connectivity index (χ1v) is 2.35. The zero-order valence-corrected chi connectivity index (χ0v) is 13.1. The van der Waals surface area contributed by atoms with Gasteiger partial charge in [0.05, 0.1) is 0 Å². The molecule has 0 heterocycles. The molecule has 0 saturated heterocycles. The van der Waals surface area contributed by atoms with Gasteiger partial charge in [-0.1, -0.05) is 0 Å².